The zero-order chi connectivity index (χ0) is 12.7. The normalized spacial score (nSPS) is 26.7. The minimum absolute atomic E-state index is 0.129. The van der Waals surface area contributed by atoms with E-state index in [1.807, 2.05) is 0 Å². The molecule has 0 aliphatic heterocycles. The van der Waals surface area contributed by atoms with E-state index >= 15 is 0 Å². The van der Waals surface area contributed by atoms with Crippen LogP contribution in [0.25, 0.3) is 0 Å². The number of aliphatic carboxylic acids is 1. The first-order valence-corrected chi connectivity index (χ1v) is 7.11. The van der Waals surface area contributed by atoms with Crippen molar-refractivity contribution in [3.05, 3.63) is 0 Å². The molecule has 3 nitrogen and oxygen atoms in total. The van der Waals surface area contributed by atoms with Crippen molar-refractivity contribution in [2.45, 2.75) is 58.3 Å². The van der Waals surface area contributed by atoms with Gasteiger partial charge in [-0.15, -0.1) is 0 Å². The Balaban J connectivity index is 2.47. The molecule has 1 aliphatic carbocycles. The van der Waals surface area contributed by atoms with Crippen molar-refractivity contribution in [3.63, 3.8) is 0 Å². The van der Waals surface area contributed by atoms with Crippen molar-refractivity contribution in [2.75, 3.05) is 6.54 Å². The first-order chi connectivity index (χ1) is 8.19. The maximum Gasteiger partial charge on any atom is 0.306 e. The number of carboxylic acids is 1. The summed E-state index contributed by atoms with van der Waals surface area (Å²) in [6.07, 6.45) is 8.66. The fraction of sp³-hybridized carbons (Fsp3) is 0.929. The standard InChI is InChI=1S/C14H27NO2/c1-2-11-6-5-7-12(10-11)13(14(16)17)8-3-4-9-15/h11-13H,2-10,15H2,1H3,(H,16,17). The predicted octanol–water partition coefficient (Wildman–Crippen LogP) is 3.03. The number of carbonyl (C=O) groups is 1. The Labute approximate surface area is 105 Å². The van der Waals surface area contributed by atoms with Crippen LogP contribution in [0.4, 0.5) is 0 Å². The molecule has 0 aromatic heterocycles. The van der Waals surface area contributed by atoms with Gasteiger partial charge in [-0.3, -0.25) is 4.79 Å². The monoisotopic (exact) mass is 241 g/mol. The first kappa shape index (κ1) is 14.5. The molecule has 0 radical (unpaired) electrons. The summed E-state index contributed by atoms with van der Waals surface area (Å²) in [4.78, 5) is 11.4. The Bertz CT molecular complexity index is 230. The number of hydrogen-bond acceptors (Lipinski definition) is 2. The third kappa shape index (κ3) is 4.66. The summed E-state index contributed by atoms with van der Waals surface area (Å²) >= 11 is 0. The molecule has 1 rings (SSSR count). The van der Waals surface area contributed by atoms with E-state index in [1.165, 1.54) is 19.3 Å². The van der Waals surface area contributed by atoms with E-state index in [4.69, 9.17) is 5.73 Å². The second-order valence-corrected chi connectivity index (χ2v) is 5.43. The van der Waals surface area contributed by atoms with Crippen LogP contribution in [0, 0.1) is 17.8 Å². The average Bonchev–Trinajstić information content (AvgIpc) is 2.34. The maximum absolute atomic E-state index is 11.4. The molecule has 0 amide bonds. The van der Waals surface area contributed by atoms with Gasteiger partial charge in [0.25, 0.3) is 0 Å². The van der Waals surface area contributed by atoms with Crippen molar-refractivity contribution in [1.82, 2.24) is 0 Å². The summed E-state index contributed by atoms with van der Waals surface area (Å²) in [6.45, 7) is 2.89. The van der Waals surface area contributed by atoms with Crippen LogP contribution in [-0.2, 0) is 4.79 Å². The highest BCUT2D eigenvalue weighted by Crippen LogP contribution is 2.37. The lowest BCUT2D eigenvalue weighted by Crippen LogP contribution is -2.28. The molecular formula is C14H27NO2. The molecule has 3 heteroatoms. The van der Waals surface area contributed by atoms with Crippen molar-refractivity contribution >= 4 is 5.97 Å². The van der Waals surface area contributed by atoms with Gasteiger partial charge in [0.1, 0.15) is 0 Å². The van der Waals surface area contributed by atoms with Crippen molar-refractivity contribution in [3.8, 4) is 0 Å². The number of nitrogens with two attached hydrogens (primary N) is 1. The van der Waals surface area contributed by atoms with Gasteiger partial charge in [-0.25, -0.2) is 0 Å². The molecule has 0 spiro atoms. The summed E-state index contributed by atoms with van der Waals surface area (Å²) in [7, 11) is 0. The molecule has 17 heavy (non-hydrogen) atoms. The number of carboxylic acid groups (broad SMARTS) is 1. The van der Waals surface area contributed by atoms with Gasteiger partial charge in [0, 0.05) is 0 Å². The first-order valence-electron chi connectivity index (χ1n) is 7.11. The molecule has 0 aromatic rings. The lowest BCUT2D eigenvalue weighted by atomic mass is 9.73. The van der Waals surface area contributed by atoms with E-state index in [1.54, 1.807) is 0 Å². The Morgan fingerprint density at radius 2 is 2.18 bits per heavy atom. The van der Waals surface area contributed by atoms with Crippen LogP contribution in [0.2, 0.25) is 0 Å². The minimum Gasteiger partial charge on any atom is -0.481 e. The zero-order valence-corrected chi connectivity index (χ0v) is 11.0. The molecule has 3 unspecified atom stereocenters. The number of rotatable bonds is 7. The highest BCUT2D eigenvalue weighted by Gasteiger charge is 2.31. The van der Waals surface area contributed by atoms with Gasteiger partial charge >= 0.3 is 5.97 Å². The van der Waals surface area contributed by atoms with Crippen LogP contribution in [0.15, 0.2) is 0 Å². The molecule has 3 N–H and O–H groups in total. The van der Waals surface area contributed by atoms with Gasteiger partial charge in [0.15, 0.2) is 0 Å². The molecule has 100 valence electrons. The lowest BCUT2D eigenvalue weighted by molar-refractivity contribution is -0.144. The van der Waals surface area contributed by atoms with Crippen LogP contribution in [0.1, 0.15) is 58.3 Å². The molecule has 0 bridgehead atoms. The SMILES string of the molecule is CCC1CCCC(C(CCCCN)C(=O)O)C1. The quantitative estimate of drug-likeness (QED) is 0.673. The Morgan fingerprint density at radius 3 is 2.76 bits per heavy atom. The highest BCUT2D eigenvalue weighted by molar-refractivity contribution is 5.70. The highest BCUT2D eigenvalue weighted by atomic mass is 16.4. The molecule has 1 saturated carbocycles. The predicted molar refractivity (Wildman–Crippen MR) is 69.8 cm³/mol. The summed E-state index contributed by atoms with van der Waals surface area (Å²) in [6, 6.07) is 0. The van der Waals surface area contributed by atoms with E-state index in [2.05, 4.69) is 6.92 Å². The van der Waals surface area contributed by atoms with E-state index in [0.717, 1.165) is 38.0 Å². The van der Waals surface area contributed by atoms with Gasteiger partial charge in [-0.05, 0) is 44.1 Å². The Morgan fingerprint density at radius 1 is 1.41 bits per heavy atom. The van der Waals surface area contributed by atoms with Gasteiger partial charge in [-0.1, -0.05) is 32.6 Å². The van der Waals surface area contributed by atoms with Gasteiger partial charge < -0.3 is 10.8 Å². The molecule has 1 aliphatic rings. The lowest BCUT2D eigenvalue weighted by Gasteiger charge is -2.32. The second-order valence-electron chi connectivity index (χ2n) is 5.43. The fourth-order valence-corrected chi connectivity index (χ4v) is 3.14. The summed E-state index contributed by atoms with van der Waals surface area (Å²) in [5, 5.41) is 9.35. The summed E-state index contributed by atoms with van der Waals surface area (Å²) in [5.74, 6) is 0.439. The van der Waals surface area contributed by atoms with Crippen molar-refractivity contribution < 1.29 is 9.90 Å². The van der Waals surface area contributed by atoms with Crippen LogP contribution in [-0.4, -0.2) is 17.6 Å². The maximum atomic E-state index is 11.4. The van der Waals surface area contributed by atoms with Crippen LogP contribution >= 0.6 is 0 Å². The third-order valence-corrected chi connectivity index (χ3v) is 4.26. The van der Waals surface area contributed by atoms with Gasteiger partial charge in [0.05, 0.1) is 5.92 Å². The Hall–Kier alpha value is -0.570. The topological polar surface area (TPSA) is 63.3 Å². The smallest absolute Gasteiger partial charge is 0.306 e. The van der Waals surface area contributed by atoms with Crippen molar-refractivity contribution in [2.24, 2.45) is 23.5 Å². The van der Waals surface area contributed by atoms with E-state index < -0.39 is 5.97 Å². The average molecular weight is 241 g/mol. The van der Waals surface area contributed by atoms with Crippen LogP contribution in [0.5, 0.6) is 0 Å². The molecule has 0 heterocycles. The van der Waals surface area contributed by atoms with E-state index in [-0.39, 0.29) is 5.92 Å². The Kier molecular flexibility index (Phi) is 6.56. The second kappa shape index (κ2) is 7.70. The van der Waals surface area contributed by atoms with Crippen LogP contribution in [0.3, 0.4) is 0 Å². The summed E-state index contributed by atoms with van der Waals surface area (Å²) in [5.41, 5.74) is 5.47. The van der Waals surface area contributed by atoms with Crippen molar-refractivity contribution in [1.29, 1.82) is 0 Å². The largest absolute Gasteiger partial charge is 0.481 e. The van der Waals surface area contributed by atoms with Gasteiger partial charge in [0.2, 0.25) is 0 Å². The molecule has 0 aromatic carbocycles. The van der Waals surface area contributed by atoms with E-state index in [0.29, 0.717) is 12.5 Å². The zero-order valence-electron chi connectivity index (χ0n) is 11.0. The van der Waals surface area contributed by atoms with Crippen LogP contribution < -0.4 is 5.73 Å². The minimum atomic E-state index is -0.594. The molecular weight excluding hydrogens is 214 g/mol. The third-order valence-electron chi connectivity index (χ3n) is 4.26. The van der Waals surface area contributed by atoms with Gasteiger partial charge in [-0.2, -0.15) is 0 Å². The van der Waals surface area contributed by atoms with E-state index in [9.17, 15) is 9.90 Å². The molecule has 3 atom stereocenters. The fourth-order valence-electron chi connectivity index (χ4n) is 3.14. The molecule has 1 fully saturated rings. The number of unbranched alkanes of at least 4 members (excludes halogenated alkanes) is 1. The number of hydrogen-bond donors (Lipinski definition) is 2. The summed E-state index contributed by atoms with van der Waals surface area (Å²) < 4.78 is 0. The molecule has 0 saturated heterocycles.